The minimum absolute atomic E-state index is 0.232. The summed E-state index contributed by atoms with van der Waals surface area (Å²) in [5.41, 5.74) is 1.84. The highest BCUT2D eigenvalue weighted by atomic mass is 19.1. The highest BCUT2D eigenvalue weighted by Gasteiger charge is 2.41. The molecule has 1 aliphatic carbocycles. The molecule has 32 heavy (non-hydrogen) atoms. The molecule has 0 aliphatic heterocycles. The minimum atomic E-state index is -0.523. The van der Waals surface area contributed by atoms with Crippen LogP contribution in [0, 0.1) is 23.1 Å². The summed E-state index contributed by atoms with van der Waals surface area (Å²) < 4.78 is 13.7. The maximum absolute atomic E-state index is 13.7. The van der Waals surface area contributed by atoms with Crippen LogP contribution in [0.25, 0.3) is 0 Å². The van der Waals surface area contributed by atoms with E-state index < -0.39 is 5.41 Å². The van der Waals surface area contributed by atoms with Gasteiger partial charge in [-0.05, 0) is 82.1 Å². The lowest BCUT2D eigenvalue weighted by Gasteiger charge is -2.40. The van der Waals surface area contributed by atoms with Crippen molar-refractivity contribution in [2.45, 2.75) is 89.6 Å². The molecule has 2 aromatic rings. The van der Waals surface area contributed by atoms with E-state index in [0.717, 1.165) is 44.2 Å². The second-order valence-electron chi connectivity index (χ2n) is 9.88. The Bertz CT molecular complexity index is 849. The second-order valence-corrected chi connectivity index (χ2v) is 9.88. The first-order valence-corrected chi connectivity index (χ1v) is 12.4. The van der Waals surface area contributed by atoms with Crippen molar-refractivity contribution in [1.82, 2.24) is 4.90 Å². The summed E-state index contributed by atoms with van der Waals surface area (Å²) in [5, 5.41) is 10.5. The van der Waals surface area contributed by atoms with E-state index in [1.165, 1.54) is 37.0 Å². The smallest absolute Gasteiger partial charge is 0.123 e. The third-order valence-electron chi connectivity index (χ3n) is 7.55. The molecule has 0 bridgehead atoms. The van der Waals surface area contributed by atoms with E-state index in [9.17, 15) is 9.65 Å². The van der Waals surface area contributed by atoms with Gasteiger partial charge in [-0.2, -0.15) is 5.26 Å². The van der Waals surface area contributed by atoms with Gasteiger partial charge in [0, 0.05) is 18.6 Å². The van der Waals surface area contributed by atoms with Crippen molar-refractivity contribution < 1.29 is 4.39 Å². The summed E-state index contributed by atoms with van der Waals surface area (Å²) in [7, 11) is 0. The molecule has 0 radical (unpaired) electrons. The van der Waals surface area contributed by atoms with Gasteiger partial charge < -0.3 is 0 Å². The number of halogens is 1. The molecule has 0 N–H and O–H groups in total. The molecule has 2 aromatic carbocycles. The summed E-state index contributed by atoms with van der Waals surface area (Å²) in [6.45, 7) is 7.85. The predicted octanol–water partition coefficient (Wildman–Crippen LogP) is 7.29. The number of nitriles is 1. The Hall–Kier alpha value is -2.18. The fourth-order valence-electron chi connectivity index (χ4n) is 5.63. The van der Waals surface area contributed by atoms with Crippen LogP contribution in [-0.2, 0) is 11.8 Å². The van der Waals surface area contributed by atoms with Crippen molar-refractivity contribution in [3.63, 3.8) is 0 Å². The van der Waals surface area contributed by atoms with Gasteiger partial charge in [0.25, 0.3) is 0 Å². The van der Waals surface area contributed by atoms with Crippen molar-refractivity contribution >= 4 is 0 Å². The highest BCUT2D eigenvalue weighted by molar-refractivity contribution is 5.34. The molecule has 2 atom stereocenters. The Labute approximate surface area is 194 Å². The molecule has 0 saturated heterocycles. The molecule has 172 valence electrons. The fourth-order valence-corrected chi connectivity index (χ4v) is 5.63. The molecule has 3 rings (SSSR count). The van der Waals surface area contributed by atoms with E-state index in [-0.39, 0.29) is 5.82 Å². The Morgan fingerprint density at radius 2 is 1.66 bits per heavy atom. The van der Waals surface area contributed by atoms with E-state index in [1.54, 1.807) is 0 Å². The zero-order valence-electron chi connectivity index (χ0n) is 20.1. The normalized spacial score (nSPS) is 17.8. The summed E-state index contributed by atoms with van der Waals surface area (Å²) >= 11 is 0. The van der Waals surface area contributed by atoms with Gasteiger partial charge in [0.2, 0.25) is 0 Å². The molecular formula is C29H39FN2. The molecule has 3 heteroatoms. The van der Waals surface area contributed by atoms with E-state index in [1.807, 2.05) is 12.1 Å². The number of nitrogens with zero attached hydrogens (tertiary/aromatic N) is 2. The van der Waals surface area contributed by atoms with Gasteiger partial charge in [-0.1, -0.05) is 61.7 Å². The number of hydrogen-bond acceptors (Lipinski definition) is 2. The number of hydrogen-bond donors (Lipinski definition) is 0. The molecule has 0 heterocycles. The van der Waals surface area contributed by atoms with Crippen LogP contribution in [0.15, 0.2) is 54.6 Å². The maximum Gasteiger partial charge on any atom is 0.123 e. The summed E-state index contributed by atoms with van der Waals surface area (Å²) in [6, 6.07) is 21.0. The third kappa shape index (κ3) is 5.99. The molecule has 1 aliphatic rings. The third-order valence-corrected chi connectivity index (χ3v) is 7.55. The van der Waals surface area contributed by atoms with Gasteiger partial charge >= 0.3 is 0 Å². The van der Waals surface area contributed by atoms with Gasteiger partial charge in [-0.25, -0.2) is 4.39 Å². The summed E-state index contributed by atoms with van der Waals surface area (Å²) in [5.74, 6) is 0.125. The standard InChI is InChI=1S/C29H39FN2/c1-23(2)32(21-19-25-10-6-4-7-11-25)24(3)18-20-29(22-31,26-12-8-5-9-13-26)27-14-16-28(30)17-15-27/h4,6-7,10-11,14-17,23-24,26H,5,8-9,12-13,18-21H2,1-3H3. The molecule has 0 aromatic heterocycles. The Kier molecular flexibility index (Phi) is 8.88. The first-order valence-electron chi connectivity index (χ1n) is 12.4. The van der Waals surface area contributed by atoms with Crippen LogP contribution in [-0.4, -0.2) is 23.5 Å². The van der Waals surface area contributed by atoms with Crippen LogP contribution in [0.2, 0.25) is 0 Å². The largest absolute Gasteiger partial charge is 0.298 e. The SMILES string of the molecule is CC(C)N(CCc1ccccc1)C(C)CCC(C#N)(c1ccc(F)cc1)C1CCCCC1. The van der Waals surface area contributed by atoms with Crippen molar-refractivity contribution in [3.05, 3.63) is 71.5 Å². The van der Waals surface area contributed by atoms with E-state index in [2.05, 4.69) is 62.1 Å². The zero-order chi connectivity index (χ0) is 23.0. The van der Waals surface area contributed by atoms with Crippen LogP contribution in [0.4, 0.5) is 4.39 Å². The zero-order valence-corrected chi connectivity index (χ0v) is 20.1. The number of rotatable bonds is 10. The molecule has 1 saturated carbocycles. The summed E-state index contributed by atoms with van der Waals surface area (Å²) in [6.07, 6.45) is 8.68. The molecule has 2 unspecified atom stereocenters. The molecule has 1 fully saturated rings. The van der Waals surface area contributed by atoms with Gasteiger partial charge in [0.15, 0.2) is 0 Å². The Balaban J connectivity index is 1.76. The first-order chi connectivity index (χ1) is 15.5. The topological polar surface area (TPSA) is 27.0 Å². The first kappa shape index (κ1) is 24.5. The highest BCUT2D eigenvalue weighted by Crippen LogP contribution is 2.44. The van der Waals surface area contributed by atoms with Gasteiger partial charge in [-0.15, -0.1) is 0 Å². The lowest BCUT2D eigenvalue weighted by atomic mass is 9.63. The Morgan fingerprint density at radius 3 is 2.25 bits per heavy atom. The predicted molar refractivity (Wildman–Crippen MR) is 131 cm³/mol. The molecular weight excluding hydrogens is 395 g/mol. The fraction of sp³-hybridized carbons (Fsp3) is 0.552. The van der Waals surface area contributed by atoms with Crippen LogP contribution >= 0.6 is 0 Å². The van der Waals surface area contributed by atoms with Crippen molar-refractivity contribution in [1.29, 1.82) is 5.26 Å². The second kappa shape index (κ2) is 11.6. The monoisotopic (exact) mass is 434 g/mol. The maximum atomic E-state index is 13.7. The average molecular weight is 435 g/mol. The van der Waals surface area contributed by atoms with Crippen LogP contribution in [0.5, 0.6) is 0 Å². The van der Waals surface area contributed by atoms with Gasteiger partial charge in [0.1, 0.15) is 5.82 Å². The van der Waals surface area contributed by atoms with E-state index in [0.29, 0.717) is 18.0 Å². The van der Waals surface area contributed by atoms with Gasteiger partial charge in [0.05, 0.1) is 11.5 Å². The minimum Gasteiger partial charge on any atom is -0.298 e. The van der Waals surface area contributed by atoms with E-state index >= 15 is 0 Å². The lowest BCUT2D eigenvalue weighted by Crippen LogP contribution is -2.42. The van der Waals surface area contributed by atoms with Crippen LogP contribution in [0.3, 0.4) is 0 Å². The lowest BCUT2D eigenvalue weighted by molar-refractivity contribution is 0.142. The molecule has 0 amide bonds. The van der Waals surface area contributed by atoms with E-state index in [4.69, 9.17) is 0 Å². The molecule has 2 nitrogen and oxygen atoms in total. The number of benzene rings is 2. The summed E-state index contributed by atoms with van der Waals surface area (Å²) in [4.78, 5) is 2.57. The van der Waals surface area contributed by atoms with Gasteiger partial charge in [-0.3, -0.25) is 4.90 Å². The molecule has 0 spiro atoms. The Morgan fingerprint density at radius 1 is 1.00 bits per heavy atom. The van der Waals surface area contributed by atoms with Crippen molar-refractivity contribution in [2.24, 2.45) is 5.92 Å². The van der Waals surface area contributed by atoms with Crippen molar-refractivity contribution in [2.75, 3.05) is 6.54 Å². The van der Waals surface area contributed by atoms with Crippen LogP contribution in [0.1, 0.15) is 76.8 Å². The average Bonchev–Trinajstić information content (AvgIpc) is 2.82. The van der Waals surface area contributed by atoms with Crippen LogP contribution < -0.4 is 0 Å². The quantitative estimate of drug-likeness (QED) is 0.392. The van der Waals surface area contributed by atoms with Crippen molar-refractivity contribution in [3.8, 4) is 6.07 Å².